The zero-order valence-electron chi connectivity index (χ0n) is 20.5. The first-order valence-corrected chi connectivity index (χ1v) is 13.0. The summed E-state index contributed by atoms with van der Waals surface area (Å²) in [5.74, 6) is -0.402. The maximum absolute atomic E-state index is 13.3. The number of hydrazone groups is 1. The molecule has 0 aliphatic carbocycles. The van der Waals surface area contributed by atoms with Crippen LogP contribution in [0.3, 0.4) is 0 Å². The van der Waals surface area contributed by atoms with E-state index in [1.54, 1.807) is 24.5 Å². The number of hydrogen-bond acceptors (Lipinski definition) is 7. The first-order valence-electron chi connectivity index (χ1n) is 12.2. The number of esters is 1. The predicted molar refractivity (Wildman–Crippen MR) is 146 cm³/mol. The van der Waals surface area contributed by atoms with Crippen molar-refractivity contribution in [2.75, 3.05) is 6.61 Å². The Morgan fingerprint density at radius 3 is 2.58 bits per heavy atom. The Labute approximate surface area is 223 Å². The second-order valence-electron chi connectivity index (χ2n) is 8.99. The molecular formula is C30H23N3O4S. The molecule has 0 saturated carbocycles. The lowest BCUT2D eigenvalue weighted by Crippen LogP contribution is -2.31. The molecule has 0 bridgehead atoms. The van der Waals surface area contributed by atoms with Gasteiger partial charge in [-0.05, 0) is 42.8 Å². The Morgan fingerprint density at radius 2 is 1.79 bits per heavy atom. The monoisotopic (exact) mass is 521 g/mol. The fourth-order valence-corrected chi connectivity index (χ4v) is 5.47. The number of fused-ring (bicyclic) bond motifs is 1. The number of carbonyl (C=O) groups excluding carboxylic acids is 2. The fourth-order valence-electron chi connectivity index (χ4n) is 4.47. The topological polar surface area (TPSA) is 85.0 Å². The molecule has 1 aliphatic rings. The molecule has 1 atom stereocenters. The zero-order valence-corrected chi connectivity index (χ0v) is 21.4. The van der Waals surface area contributed by atoms with Crippen molar-refractivity contribution in [1.82, 2.24) is 9.99 Å². The van der Waals surface area contributed by atoms with Crippen LogP contribution in [0.5, 0.6) is 0 Å². The molecule has 0 spiro atoms. The lowest BCUT2D eigenvalue weighted by atomic mass is 10.0. The Balaban J connectivity index is 1.22. The first-order chi connectivity index (χ1) is 18.6. The highest BCUT2D eigenvalue weighted by Crippen LogP contribution is 2.34. The number of hydrogen-bond donors (Lipinski definition) is 0. The highest BCUT2D eigenvalue weighted by Gasteiger charge is 2.35. The van der Waals surface area contributed by atoms with Gasteiger partial charge in [-0.3, -0.25) is 4.79 Å². The average molecular weight is 522 g/mol. The number of rotatable bonds is 6. The molecule has 1 amide bonds. The first kappa shape index (κ1) is 23.8. The summed E-state index contributed by atoms with van der Waals surface area (Å²) < 4.78 is 12.1. The van der Waals surface area contributed by atoms with Gasteiger partial charge in [0.25, 0.3) is 5.91 Å². The summed E-state index contributed by atoms with van der Waals surface area (Å²) in [5, 5.41) is 6.69. The SMILES string of the molecule is Cc1ccc(C2=NN(C(=O)COC(=O)c3ccccc3-c3nc4ccccc4s3)C(c3ccco3)C2)cc1. The van der Waals surface area contributed by atoms with Crippen LogP contribution in [0.2, 0.25) is 0 Å². The molecule has 7 nitrogen and oxygen atoms in total. The second-order valence-corrected chi connectivity index (χ2v) is 10.0. The Hall–Kier alpha value is -4.56. The van der Waals surface area contributed by atoms with Crippen LogP contribution in [-0.4, -0.2) is 34.2 Å². The van der Waals surface area contributed by atoms with Crippen molar-refractivity contribution >= 4 is 39.1 Å². The van der Waals surface area contributed by atoms with Crippen molar-refractivity contribution in [2.45, 2.75) is 19.4 Å². The molecule has 188 valence electrons. The summed E-state index contributed by atoms with van der Waals surface area (Å²) >= 11 is 1.50. The number of amides is 1. The van der Waals surface area contributed by atoms with Gasteiger partial charge in [0.2, 0.25) is 0 Å². The molecule has 1 aliphatic heterocycles. The summed E-state index contributed by atoms with van der Waals surface area (Å²) in [4.78, 5) is 31.1. The number of furan rings is 1. The Morgan fingerprint density at radius 1 is 1.00 bits per heavy atom. The van der Waals surface area contributed by atoms with Crippen LogP contribution >= 0.6 is 11.3 Å². The minimum absolute atomic E-state index is 0.354. The molecule has 3 aromatic carbocycles. The molecule has 2 aromatic heterocycles. The zero-order chi connectivity index (χ0) is 26.1. The number of benzene rings is 3. The van der Waals surface area contributed by atoms with Crippen molar-refractivity contribution in [3.05, 3.63) is 114 Å². The standard InChI is InChI=1S/C30H23N3O4S/c1-19-12-14-20(15-13-19)24-17-25(26-10-6-16-36-26)33(32-24)28(34)18-37-30(35)22-8-3-2-7-21(22)29-31-23-9-4-5-11-27(23)38-29/h2-16,25H,17-18H2,1H3. The van der Waals surface area contributed by atoms with Crippen LogP contribution in [0.1, 0.15) is 39.7 Å². The summed E-state index contributed by atoms with van der Waals surface area (Å²) in [7, 11) is 0. The van der Waals surface area contributed by atoms with Gasteiger partial charge in [-0.1, -0.05) is 60.2 Å². The highest BCUT2D eigenvalue weighted by molar-refractivity contribution is 7.21. The van der Waals surface area contributed by atoms with Crippen LogP contribution in [0.15, 0.2) is 101 Å². The second kappa shape index (κ2) is 10.1. The average Bonchev–Trinajstić information content (AvgIpc) is 3.71. The van der Waals surface area contributed by atoms with Crippen LogP contribution in [-0.2, 0) is 9.53 Å². The number of thiazole rings is 1. The lowest BCUT2D eigenvalue weighted by Gasteiger charge is -2.19. The van der Waals surface area contributed by atoms with E-state index in [9.17, 15) is 9.59 Å². The van der Waals surface area contributed by atoms with E-state index in [2.05, 4.69) is 10.1 Å². The fraction of sp³-hybridized carbons (Fsp3) is 0.133. The van der Waals surface area contributed by atoms with Gasteiger partial charge in [-0.25, -0.2) is 14.8 Å². The Bertz CT molecular complexity index is 1620. The minimum Gasteiger partial charge on any atom is -0.467 e. The van der Waals surface area contributed by atoms with Crippen molar-refractivity contribution < 1.29 is 18.7 Å². The van der Waals surface area contributed by atoms with Crippen molar-refractivity contribution in [3.63, 3.8) is 0 Å². The molecule has 6 rings (SSSR count). The largest absolute Gasteiger partial charge is 0.467 e. The van der Waals surface area contributed by atoms with E-state index in [4.69, 9.17) is 9.15 Å². The number of aryl methyl sites for hydroxylation is 1. The summed E-state index contributed by atoms with van der Waals surface area (Å²) in [6, 6.07) is 26.1. The molecule has 0 N–H and O–H groups in total. The van der Waals surface area contributed by atoms with Crippen LogP contribution in [0.4, 0.5) is 0 Å². The van der Waals surface area contributed by atoms with Gasteiger partial charge in [0.05, 0.1) is 27.8 Å². The summed E-state index contributed by atoms with van der Waals surface area (Å²) in [6.07, 6.45) is 2.07. The highest BCUT2D eigenvalue weighted by atomic mass is 32.1. The van der Waals surface area contributed by atoms with E-state index in [1.807, 2.05) is 73.7 Å². The number of carbonyl (C=O) groups is 2. The molecule has 38 heavy (non-hydrogen) atoms. The van der Waals surface area contributed by atoms with Gasteiger partial charge in [0.15, 0.2) is 6.61 Å². The van der Waals surface area contributed by atoms with Gasteiger partial charge in [-0.2, -0.15) is 5.10 Å². The molecule has 5 aromatic rings. The quantitative estimate of drug-likeness (QED) is 0.241. The smallest absolute Gasteiger partial charge is 0.339 e. The molecule has 3 heterocycles. The number of ether oxygens (including phenoxy) is 1. The maximum Gasteiger partial charge on any atom is 0.339 e. The van der Waals surface area contributed by atoms with E-state index < -0.39 is 24.5 Å². The number of para-hydroxylation sites is 1. The molecule has 0 saturated heterocycles. The van der Waals surface area contributed by atoms with Gasteiger partial charge in [0, 0.05) is 12.0 Å². The van der Waals surface area contributed by atoms with Crippen LogP contribution < -0.4 is 0 Å². The predicted octanol–water partition coefficient (Wildman–Crippen LogP) is 6.40. The van der Waals surface area contributed by atoms with E-state index in [1.165, 1.54) is 16.3 Å². The third-order valence-electron chi connectivity index (χ3n) is 6.42. The maximum atomic E-state index is 13.3. The minimum atomic E-state index is -0.593. The van der Waals surface area contributed by atoms with Gasteiger partial charge >= 0.3 is 5.97 Å². The molecule has 1 unspecified atom stereocenters. The summed E-state index contributed by atoms with van der Waals surface area (Å²) in [6.45, 7) is 1.57. The Kier molecular flexibility index (Phi) is 6.31. The molecular weight excluding hydrogens is 498 g/mol. The van der Waals surface area contributed by atoms with Gasteiger partial charge in [0.1, 0.15) is 16.8 Å². The lowest BCUT2D eigenvalue weighted by molar-refractivity contribution is -0.136. The van der Waals surface area contributed by atoms with Gasteiger partial charge in [-0.15, -0.1) is 11.3 Å². The normalized spacial score (nSPS) is 15.0. The van der Waals surface area contributed by atoms with E-state index in [0.29, 0.717) is 23.3 Å². The molecule has 0 radical (unpaired) electrons. The molecule has 0 fully saturated rings. The van der Waals surface area contributed by atoms with Crippen LogP contribution in [0, 0.1) is 6.92 Å². The van der Waals surface area contributed by atoms with E-state index >= 15 is 0 Å². The van der Waals surface area contributed by atoms with E-state index in [0.717, 1.165) is 32.1 Å². The van der Waals surface area contributed by atoms with Gasteiger partial charge < -0.3 is 9.15 Å². The van der Waals surface area contributed by atoms with Crippen molar-refractivity contribution in [2.24, 2.45) is 5.10 Å². The number of nitrogens with zero attached hydrogens (tertiary/aromatic N) is 3. The van der Waals surface area contributed by atoms with Crippen LogP contribution in [0.25, 0.3) is 20.8 Å². The molecule has 8 heteroatoms. The van der Waals surface area contributed by atoms with E-state index in [-0.39, 0.29) is 0 Å². The third-order valence-corrected chi connectivity index (χ3v) is 7.49. The number of aromatic nitrogens is 1. The summed E-state index contributed by atoms with van der Waals surface area (Å²) in [5.41, 5.74) is 4.73. The van der Waals surface area contributed by atoms with Crippen molar-refractivity contribution in [1.29, 1.82) is 0 Å². The van der Waals surface area contributed by atoms with Crippen molar-refractivity contribution in [3.8, 4) is 10.6 Å². The third kappa shape index (κ3) is 4.62.